The third-order valence-corrected chi connectivity index (χ3v) is 26.0. The van der Waals surface area contributed by atoms with Crippen molar-refractivity contribution in [3.05, 3.63) is 182 Å². The molecule has 16 heteroatoms. The molecule has 0 aliphatic heterocycles. The fourth-order valence-electron chi connectivity index (χ4n) is 8.66. The molecule has 1 atom stereocenters. The number of benzene rings is 6. The van der Waals surface area contributed by atoms with E-state index in [0.29, 0.717) is 31.8 Å². The van der Waals surface area contributed by atoms with Gasteiger partial charge in [-0.3, -0.25) is 0 Å². The van der Waals surface area contributed by atoms with Crippen molar-refractivity contribution in [1.29, 1.82) is 0 Å². The van der Waals surface area contributed by atoms with Crippen LogP contribution in [0.5, 0.6) is 0 Å². The molecule has 0 fully saturated rings. The van der Waals surface area contributed by atoms with Crippen LogP contribution in [-0.2, 0) is 20.0 Å². The van der Waals surface area contributed by atoms with Gasteiger partial charge in [-0.15, -0.1) is 0 Å². The van der Waals surface area contributed by atoms with E-state index < -0.39 is 67.6 Å². The second-order valence-corrected chi connectivity index (χ2v) is 25.9. The molecule has 0 bridgehead atoms. The Morgan fingerprint density at radius 3 is 0.783 bits per heavy atom. The molecule has 318 valence electrons. The number of nitrogens with zero attached hydrogens (tertiary/aromatic N) is 2. The molecule has 0 radical (unpaired) electrons. The quantitative estimate of drug-likeness (QED) is 0.0625. The van der Waals surface area contributed by atoms with Crippen molar-refractivity contribution in [1.82, 2.24) is 8.15 Å². The van der Waals surface area contributed by atoms with Crippen LogP contribution in [0.4, 0.5) is 26.3 Å². The Hall–Kier alpha value is -4.42. The number of rotatable bonds is 14. The average molecular weight is 905 g/mol. The van der Waals surface area contributed by atoms with Crippen molar-refractivity contribution in [2.75, 3.05) is 0 Å². The Kier molecular flexibility index (Phi) is 12.9. The summed E-state index contributed by atoms with van der Waals surface area (Å²) >= 11 is 0. The molecule has 6 aromatic carbocycles. The summed E-state index contributed by atoms with van der Waals surface area (Å²) in [5.74, 6) is -1.59. The van der Waals surface area contributed by atoms with Gasteiger partial charge in [-0.2, -0.15) is 0 Å². The van der Waals surface area contributed by atoms with Crippen molar-refractivity contribution in [2.45, 2.75) is 43.9 Å². The van der Waals surface area contributed by atoms with Crippen LogP contribution in [0, 0.1) is 5.92 Å². The Morgan fingerprint density at radius 1 is 0.433 bits per heavy atom. The molecule has 6 aromatic rings. The van der Waals surface area contributed by atoms with Gasteiger partial charge in [-0.05, 0) is 0 Å². The SMILES string of the molecule is CCC(C(C)C)(N([PH](c1ccccc1)(c1ccccc1)c1ccccc1)[PH](c1ccccc1)(c1ccccc1)c1ccccc1)N(S(=O)(=O)C(F)(F)F)S(=O)(=O)C(F)(F)F. The molecule has 1 unspecified atom stereocenters. The van der Waals surface area contributed by atoms with Gasteiger partial charge in [0, 0.05) is 0 Å². The zero-order chi connectivity index (χ0) is 43.6. The molecule has 0 saturated carbocycles. The third-order valence-electron chi connectivity index (χ3n) is 11.0. The van der Waals surface area contributed by atoms with Crippen LogP contribution in [0.25, 0.3) is 0 Å². The molecule has 0 spiro atoms. The summed E-state index contributed by atoms with van der Waals surface area (Å²) in [6, 6.07) is 51.3. The van der Waals surface area contributed by atoms with Gasteiger partial charge in [0.15, 0.2) is 0 Å². The van der Waals surface area contributed by atoms with Crippen LogP contribution >= 0.6 is 14.8 Å². The molecule has 0 heterocycles. The third kappa shape index (κ3) is 7.29. The first-order valence-electron chi connectivity index (χ1n) is 18.9. The zero-order valence-corrected chi connectivity index (χ0v) is 36.3. The van der Waals surface area contributed by atoms with E-state index in [1.165, 1.54) is 20.8 Å². The molecule has 0 aromatic heterocycles. The van der Waals surface area contributed by atoms with Gasteiger partial charge in [0.1, 0.15) is 0 Å². The van der Waals surface area contributed by atoms with Gasteiger partial charge in [-0.1, -0.05) is 0 Å². The summed E-state index contributed by atoms with van der Waals surface area (Å²) in [6.07, 6.45) is -0.863. The molecule has 6 rings (SSSR count). The fourth-order valence-corrected chi connectivity index (χ4v) is 26.7. The van der Waals surface area contributed by atoms with Gasteiger partial charge < -0.3 is 0 Å². The first-order chi connectivity index (χ1) is 28.4. The summed E-state index contributed by atoms with van der Waals surface area (Å²) in [5.41, 5.74) is -16.2. The normalized spacial score (nSPS) is 14.9. The minimum absolute atomic E-state index is 0.439. The van der Waals surface area contributed by atoms with Gasteiger partial charge in [0.2, 0.25) is 0 Å². The standard InChI is InChI=1S/C44H44F6N2O4P2S2/c1-4-42(35(2)3,52(59(53,54)43(45,46)47)60(55,56)44(48,49)50)51(57(36-23-11-5-12-24-36,37-25-13-6-14-26-37)38-27-15-7-16-28-38)58(39-29-17-8-18-30-39,40-31-19-9-20-32-40)41-33-21-10-22-34-41/h5-35,57-58H,4H2,1-3H3. The van der Waals surface area contributed by atoms with Gasteiger partial charge in [0.05, 0.1) is 0 Å². The monoisotopic (exact) mass is 904 g/mol. The van der Waals surface area contributed by atoms with Gasteiger partial charge >= 0.3 is 350 Å². The van der Waals surface area contributed by atoms with E-state index in [1.54, 1.807) is 186 Å². The number of sulfonamides is 2. The molecule has 0 aliphatic rings. The Bertz CT molecular complexity index is 2210. The first kappa shape index (κ1) is 45.1. The molecular weight excluding hydrogens is 861 g/mol. The van der Waals surface area contributed by atoms with E-state index in [0.717, 1.165) is 0 Å². The van der Waals surface area contributed by atoms with E-state index >= 15 is 26.3 Å². The molecule has 0 aliphatic carbocycles. The summed E-state index contributed by atoms with van der Waals surface area (Å²) in [5, 5.41) is 2.64. The van der Waals surface area contributed by atoms with E-state index in [9.17, 15) is 16.8 Å². The summed E-state index contributed by atoms with van der Waals surface area (Å²) in [6.45, 7) is 3.81. The molecule has 0 N–H and O–H groups in total. The Labute approximate surface area is 348 Å². The number of hydrogen-bond acceptors (Lipinski definition) is 5. The predicted octanol–water partition coefficient (Wildman–Crippen LogP) is 8.33. The number of halogens is 6. The van der Waals surface area contributed by atoms with Crippen molar-refractivity contribution < 1.29 is 43.2 Å². The number of alkyl halides is 6. The van der Waals surface area contributed by atoms with E-state index in [1.807, 2.05) is 0 Å². The van der Waals surface area contributed by atoms with Crippen LogP contribution in [0.3, 0.4) is 0 Å². The van der Waals surface area contributed by atoms with Crippen molar-refractivity contribution in [3.8, 4) is 0 Å². The van der Waals surface area contributed by atoms with Crippen LogP contribution in [0.1, 0.15) is 27.2 Å². The number of hydrogen-bond donors (Lipinski definition) is 0. The zero-order valence-electron chi connectivity index (χ0n) is 32.7. The van der Waals surface area contributed by atoms with Crippen LogP contribution in [0.2, 0.25) is 0 Å². The van der Waals surface area contributed by atoms with Crippen LogP contribution in [-0.4, -0.2) is 41.7 Å². The van der Waals surface area contributed by atoms with Crippen molar-refractivity contribution in [3.63, 3.8) is 0 Å². The Balaban J connectivity index is 2.12. The second kappa shape index (κ2) is 17.2. The van der Waals surface area contributed by atoms with Crippen LogP contribution in [0.15, 0.2) is 182 Å². The maximum absolute atomic E-state index is 15.5. The molecule has 6 nitrogen and oxygen atoms in total. The molecule has 0 saturated heterocycles. The van der Waals surface area contributed by atoms with Gasteiger partial charge in [-0.25, -0.2) is 0 Å². The summed E-state index contributed by atoms with van der Waals surface area (Å²) in [4.78, 5) is 0. The topological polar surface area (TPSA) is 74.8 Å². The van der Waals surface area contributed by atoms with Crippen molar-refractivity contribution in [2.24, 2.45) is 5.92 Å². The molecule has 60 heavy (non-hydrogen) atoms. The fraction of sp³-hybridized carbons (Fsp3) is 0.182. The maximum atomic E-state index is 15.5. The van der Waals surface area contributed by atoms with Crippen molar-refractivity contribution >= 4 is 66.7 Å². The van der Waals surface area contributed by atoms with Gasteiger partial charge in [0.25, 0.3) is 0 Å². The minimum atomic E-state index is -7.42. The molecule has 0 amide bonds. The Morgan fingerprint density at radius 2 is 0.633 bits per heavy atom. The second-order valence-electron chi connectivity index (χ2n) is 14.4. The van der Waals surface area contributed by atoms with E-state index in [2.05, 4.69) is 0 Å². The van der Waals surface area contributed by atoms with E-state index in [4.69, 9.17) is 0 Å². The van der Waals surface area contributed by atoms with E-state index in [-0.39, 0.29) is 0 Å². The van der Waals surface area contributed by atoms with Crippen LogP contribution < -0.4 is 31.8 Å². The predicted molar refractivity (Wildman–Crippen MR) is 235 cm³/mol. The first-order valence-corrected chi connectivity index (χ1v) is 25.7. The average Bonchev–Trinajstić information content (AvgIpc) is 3.24. The summed E-state index contributed by atoms with van der Waals surface area (Å²) < 4.78 is 151. The summed E-state index contributed by atoms with van der Waals surface area (Å²) in [7, 11) is -24.3. The molecular formula is C44H44F6N2O4P2S2.